The minimum atomic E-state index is -0.391. The highest BCUT2D eigenvalue weighted by Gasteiger charge is 2.35. The van der Waals surface area contributed by atoms with Gasteiger partial charge in [-0.25, -0.2) is 4.98 Å². The number of fused-ring (bicyclic) bond motifs is 1. The van der Waals surface area contributed by atoms with Gasteiger partial charge in [-0.3, -0.25) is 9.59 Å². The predicted molar refractivity (Wildman–Crippen MR) is 106 cm³/mol. The van der Waals surface area contributed by atoms with Crippen molar-refractivity contribution in [2.75, 3.05) is 6.54 Å². The molecule has 0 spiro atoms. The van der Waals surface area contributed by atoms with Crippen molar-refractivity contribution in [2.24, 2.45) is 12.5 Å². The van der Waals surface area contributed by atoms with Crippen molar-refractivity contribution in [1.29, 1.82) is 0 Å². The van der Waals surface area contributed by atoms with Crippen molar-refractivity contribution < 1.29 is 9.59 Å². The molecule has 1 atom stereocenters. The number of rotatable bonds is 4. The first-order valence-electron chi connectivity index (χ1n) is 9.34. The minimum absolute atomic E-state index is 0.0506. The summed E-state index contributed by atoms with van der Waals surface area (Å²) in [4.78, 5) is 31.6. The monoisotopic (exact) mass is 390 g/mol. The summed E-state index contributed by atoms with van der Waals surface area (Å²) >= 11 is 6.26. The number of benzene rings is 1. The third kappa shape index (κ3) is 4.26. The number of likely N-dealkylation sites (tertiary alicyclic amines) is 1. The van der Waals surface area contributed by atoms with Crippen molar-refractivity contribution >= 4 is 34.4 Å². The Bertz CT molecular complexity index is 869. The Morgan fingerprint density at radius 1 is 1.33 bits per heavy atom. The van der Waals surface area contributed by atoms with Crippen LogP contribution < -0.4 is 5.32 Å². The van der Waals surface area contributed by atoms with Gasteiger partial charge in [0.25, 0.3) is 0 Å². The molecule has 0 radical (unpaired) electrons. The molecule has 1 aromatic heterocycles. The van der Waals surface area contributed by atoms with Crippen molar-refractivity contribution in [3.8, 4) is 0 Å². The molecule has 27 heavy (non-hydrogen) atoms. The summed E-state index contributed by atoms with van der Waals surface area (Å²) in [5, 5.41) is 3.58. The lowest BCUT2D eigenvalue weighted by molar-refractivity contribution is -0.139. The molecule has 1 saturated heterocycles. The molecule has 0 saturated carbocycles. The molecule has 1 fully saturated rings. The smallest absolute Gasteiger partial charge is 0.243 e. The number of para-hydroxylation sites is 1. The largest absolute Gasteiger partial charge is 0.347 e. The number of nitrogens with zero attached hydrogens (tertiary/aromatic N) is 3. The van der Waals surface area contributed by atoms with Crippen LogP contribution in [-0.2, 0) is 23.2 Å². The van der Waals surface area contributed by atoms with Gasteiger partial charge in [-0.1, -0.05) is 38.4 Å². The van der Waals surface area contributed by atoms with Crippen LogP contribution >= 0.6 is 11.6 Å². The second kappa shape index (κ2) is 7.50. The third-order valence-electron chi connectivity index (χ3n) is 4.92. The summed E-state index contributed by atoms with van der Waals surface area (Å²) in [5.74, 6) is 0.666. The molecule has 0 aliphatic carbocycles. The second-order valence-corrected chi connectivity index (χ2v) is 8.80. The lowest BCUT2D eigenvalue weighted by Gasteiger charge is -2.27. The van der Waals surface area contributed by atoms with Crippen LogP contribution in [0.15, 0.2) is 18.2 Å². The van der Waals surface area contributed by atoms with Gasteiger partial charge >= 0.3 is 0 Å². The maximum absolute atomic E-state index is 12.7. The number of amides is 2. The van der Waals surface area contributed by atoms with Crippen molar-refractivity contribution in [1.82, 2.24) is 19.8 Å². The highest BCUT2D eigenvalue weighted by atomic mass is 35.5. The molecule has 1 aromatic carbocycles. The van der Waals surface area contributed by atoms with Gasteiger partial charge < -0.3 is 14.8 Å². The Balaban J connectivity index is 1.68. The molecule has 146 valence electrons. The van der Waals surface area contributed by atoms with E-state index in [9.17, 15) is 9.59 Å². The zero-order valence-electron chi connectivity index (χ0n) is 16.4. The van der Waals surface area contributed by atoms with Crippen molar-refractivity contribution in [2.45, 2.75) is 52.6 Å². The van der Waals surface area contributed by atoms with E-state index in [1.165, 1.54) is 0 Å². The molecule has 2 heterocycles. The van der Waals surface area contributed by atoms with Gasteiger partial charge in [-0.05, 0) is 30.4 Å². The molecule has 1 aliphatic heterocycles. The second-order valence-electron chi connectivity index (χ2n) is 8.40. The molecule has 2 amide bonds. The lowest BCUT2D eigenvalue weighted by Crippen LogP contribution is -2.46. The van der Waals surface area contributed by atoms with Crippen LogP contribution in [0.2, 0.25) is 5.02 Å². The highest BCUT2D eigenvalue weighted by Crippen LogP contribution is 2.26. The number of aromatic nitrogens is 2. The van der Waals surface area contributed by atoms with E-state index in [0.29, 0.717) is 31.0 Å². The molecule has 6 nitrogen and oxygen atoms in total. The summed E-state index contributed by atoms with van der Waals surface area (Å²) in [7, 11) is 1.89. The van der Waals surface area contributed by atoms with Gasteiger partial charge in [0, 0.05) is 20.0 Å². The molecule has 7 heteroatoms. The number of nitrogens with one attached hydrogen (secondary N) is 1. The number of halogens is 1. The molecular weight excluding hydrogens is 364 g/mol. The number of imidazole rings is 1. The van der Waals surface area contributed by atoms with Gasteiger partial charge in [0.05, 0.1) is 22.6 Å². The summed E-state index contributed by atoms with van der Waals surface area (Å²) in [6, 6.07) is 5.19. The van der Waals surface area contributed by atoms with Crippen LogP contribution in [0.3, 0.4) is 0 Å². The number of hydrogen-bond donors (Lipinski definition) is 1. The van der Waals surface area contributed by atoms with E-state index in [1.54, 1.807) is 4.90 Å². The molecule has 1 N–H and O–H groups in total. The van der Waals surface area contributed by atoms with Crippen LogP contribution in [0.25, 0.3) is 11.0 Å². The summed E-state index contributed by atoms with van der Waals surface area (Å²) in [6.07, 6.45) is 2.01. The van der Waals surface area contributed by atoms with Crippen LogP contribution in [0.4, 0.5) is 0 Å². The zero-order chi connectivity index (χ0) is 19.8. The van der Waals surface area contributed by atoms with E-state index in [-0.39, 0.29) is 17.2 Å². The zero-order valence-corrected chi connectivity index (χ0v) is 17.1. The van der Waals surface area contributed by atoms with E-state index in [0.717, 1.165) is 23.3 Å². The summed E-state index contributed by atoms with van der Waals surface area (Å²) in [6.45, 7) is 7.06. The maximum Gasteiger partial charge on any atom is 0.243 e. The van der Waals surface area contributed by atoms with E-state index in [2.05, 4.69) is 10.3 Å². The van der Waals surface area contributed by atoms with Crippen molar-refractivity contribution in [3.63, 3.8) is 0 Å². The van der Waals surface area contributed by atoms with E-state index < -0.39 is 6.04 Å². The molecule has 1 unspecified atom stereocenters. The molecule has 2 aromatic rings. The average Bonchev–Trinajstić information content (AvgIpc) is 3.17. The third-order valence-corrected chi connectivity index (χ3v) is 5.22. The fraction of sp³-hybridized carbons (Fsp3) is 0.550. The maximum atomic E-state index is 12.7. The molecule has 3 rings (SSSR count). The van der Waals surface area contributed by atoms with Crippen LogP contribution in [0, 0.1) is 5.41 Å². The van der Waals surface area contributed by atoms with Crippen LogP contribution in [-0.4, -0.2) is 38.9 Å². The van der Waals surface area contributed by atoms with Crippen LogP contribution in [0.1, 0.15) is 45.9 Å². The fourth-order valence-corrected chi connectivity index (χ4v) is 3.90. The standard InChI is InChI=1S/C20H27ClN4O2/c1-20(2,3)11-17(26)25-10-6-9-15(25)19(27)22-12-16-23-14-8-5-7-13(21)18(14)24(16)4/h5,7-8,15H,6,9-12H2,1-4H3,(H,22,27). The quantitative estimate of drug-likeness (QED) is 0.871. The average molecular weight is 391 g/mol. The molecule has 1 aliphatic rings. The van der Waals surface area contributed by atoms with Gasteiger partial charge in [0.2, 0.25) is 11.8 Å². The van der Waals surface area contributed by atoms with Gasteiger partial charge in [-0.2, -0.15) is 0 Å². The Labute approximate surface area is 164 Å². The number of aryl methyl sites for hydroxylation is 1. The fourth-order valence-electron chi connectivity index (χ4n) is 3.60. The predicted octanol–water partition coefficient (Wildman–Crippen LogP) is 3.27. The first-order chi connectivity index (χ1) is 12.7. The Hall–Kier alpha value is -2.08. The Kier molecular flexibility index (Phi) is 5.47. The van der Waals surface area contributed by atoms with Gasteiger partial charge in [0.1, 0.15) is 11.9 Å². The Morgan fingerprint density at radius 2 is 2.07 bits per heavy atom. The lowest BCUT2D eigenvalue weighted by atomic mass is 9.91. The number of hydrogen-bond acceptors (Lipinski definition) is 3. The number of carbonyl (C=O) groups is 2. The summed E-state index contributed by atoms with van der Waals surface area (Å²) < 4.78 is 1.90. The normalized spacial score (nSPS) is 17.5. The highest BCUT2D eigenvalue weighted by molar-refractivity contribution is 6.35. The SMILES string of the molecule is Cn1c(CNC(=O)C2CCCN2C(=O)CC(C)(C)C)nc2cccc(Cl)c21. The van der Waals surface area contributed by atoms with E-state index in [1.807, 2.05) is 50.6 Å². The Morgan fingerprint density at radius 3 is 2.74 bits per heavy atom. The van der Waals surface area contributed by atoms with E-state index in [4.69, 9.17) is 11.6 Å². The van der Waals surface area contributed by atoms with E-state index >= 15 is 0 Å². The molecular formula is C20H27ClN4O2. The topological polar surface area (TPSA) is 67.2 Å². The number of carbonyl (C=O) groups excluding carboxylic acids is 2. The van der Waals surface area contributed by atoms with Gasteiger partial charge in [-0.15, -0.1) is 0 Å². The van der Waals surface area contributed by atoms with Crippen LogP contribution in [0.5, 0.6) is 0 Å². The van der Waals surface area contributed by atoms with Crippen molar-refractivity contribution in [3.05, 3.63) is 29.0 Å². The van der Waals surface area contributed by atoms with Gasteiger partial charge in [0.15, 0.2) is 0 Å². The molecule has 0 bridgehead atoms. The first-order valence-corrected chi connectivity index (χ1v) is 9.72. The first kappa shape index (κ1) is 19.7. The minimum Gasteiger partial charge on any atom is -0.347 e. The summed E-state index contributed by atoms with van der Waals surface area (Å²) in [5.41, 5.74) is 1.57.